The summed E-state index contributed by atoms with van der Waals surface area (Å²) in [5.41, 5.74) is 2.85. The Bertz CT molecular complexity index is 1370. The quantitative estimate of drug-likeness (QED) is 0.438. The summed E-state index contributed by atoms with van der Waals surface area (Å²) in [7, 11) is 1.59. The predicted octanol–water partition coefficient (Wildman–Crippen LogP) is 2.87. The molecular weight excluding hydrogens is 426 g/mol. The molecule has 0 aliphatic carbocycles. The number of H-pyrrole nitrogens is 1. The first kappa shape index (κ1) is 20.2. The van der Waals surface area contributed by atoms with Crippen LogP contribution in [0.2, 0.25) is 0 Å². The number of aliphatic hydroxyl groups is 1. The van der Waals surface area contributed by atoms with Gasteiger partial charge < -0.3 is 19.4 Å². The van der Waals surface area contributed by atoms with Crippen molar-refractivity contribution in [2.45, 2.75) is 18.7 Å². The number of nitrogens with zero attached hydrogens (tertiary/aromatic N) is 3. The highest BCUT2D eigenvalue weighted by Crippen LogP contribution is 2.35. The van der Waals surface area contributed by atoms with Gasteiger partial charge in [0.25, 0.3) is 5.91 Å². The lowest BCUT2D eigenvalue weighted by Gasteiger charge is -2.24. The molecule has 1 aliphatic rings. The fourth-order valence-corrected chi connectivity index (χ4v) is 4.60. The zero-order chi connectivity index (χ0) is 22.2. The lowest BCUT2D eigenvalue weighted by atomic mass is 9.95. The van der Waals surface area contributed by atoms with E-state index in [9.17, 15) is 9.90 Å². The van der Waals surface area contributed by atoms with Crippen molar-refractivity contribution < 1.29 is 14.6 Å². The van der Waals surface area contributed by atoms with Gasteiger partial charge in [-0.25, -0.2) is 5.01 Å². The summed E-state index contributed by atoms with van der Waals surface area (Å²) in [6, 6.07) is 14.3. The number of thiazole rings is 1. The van der Waals surface area contributed by atoms with Crippen molar-refractivity contribution in [3.63, 3.8) is 0 Å². The molecule has 162 valence electrons. The molecule has 1 amide bonds. The molecule has 8 nitrogen and oxygen atoms in total. The van der Waals surface area contributed by atoms with Gasteiger partial charge in [-0.1, -0.05) is 30.3 Å². The number of benzene rings is 2. The third-order valence-electron chi connectivity index (χ3n) is 5.62. The van der Waals surface area contributed by atoms with Gasteiger partial charge in [0.2, 0.25) is 0 Å². The molecular formula is C23H21N5O3S. The average Bonchev–Trinajstić information content (AvgIpc) is 3.51. The highest BCUT2D eigenvalue weighted by molar-refractivity contribution is 7.06. The monoisotopic (exact) mass is 447 g/mol. The first-order chi connectivity index (χ1) is 15.6. The minimum absolute atomic E-state index is 0.0353. The van der Waals surface area contributed by atoms with Gasteiger partial charge >= 0.3 is 0 Å². The summed E-state index contributed by atoms with van der Waals surface area (Å²) in [5.74, 6) is 0.376. The number of para-hydroxylation sites is 1. The van der Waals surface area contributed by atoms with Crippen molar-refractivity contribution in [3.05, 3.63) is 82.2 Å². The molecule has 4 aromatic rings. The van der Waals surface area contributed by atoms with Gasteiger partial charge in [-0.3, -0.25) is 10.2 Å². The average molecular weight is 448 g/mol. The summed E-state index contributed by atoms with van der Waals surface area (Å²) in [5, 5.41) is 27.9. The maximum atomic E-state index is 13.3. The molecule has 2 aromatic carbocycles. The number of carbonyl (C=O) groups excluding carboxylic acids is 1. The molecule has 3 heterocycles. The maximum absolute atomic E-state index is 13.3. The summed E-state index contributed by atoms with van der Waals surface area (Å²) < 4.78 is 6.80. The minimum Gasteiger partial charge on any atom is -0.497 e. The number of hydrogen-bond acceptors (Lipinski definition) is 6. The molecule has 0 radical (unpaired) electrons. The number of aromatic amines is 1. The van der Waals surface area contributed by atoms with E-state index in [1.165, 1.54) is 16.3 Å². The summed E-state index contributed by atoms with van der Waals surface area (Å²) in [4.78, 5) is 16.8. The summed E-state index contributed by atoms with van der Waals surface area (Å²) in [6.07, 6.45) is 2.49. The number of methoxy groups -OCH3 is 1. The Morgan fingerprint density at radius 1 is 1.25 bits per heavy atom. The summed E-state index contributed by atoms with van der Waals surface area (Å²) >= 11 is 1.25. The van der Waals surface area contributed by atoms with E-state index in [0.717, 1.165) is 22.0 Å². The predicted molar refractivity (Wildman–Crippen MR) is 122 cm³/mol. The van der Waals surface area contributed by atoms with E-state index < -0.39 is 12.1 Å². The largest absolute Gasteiger partial charge is 0.497 e. The number of carbonyl (C=O) groups is 1. The van der Waals surface area contributed by atoms with Crippen LogP contribution in [0, 0.1) is 5.41 Å². The second-order valence-electron chi connectivity index (χ2n) is 7.47. The van der Waals surface area contributed by atoms with Crippen molar-refractivity contribution >= 4 is 33.9 Å². The molecule has 2 atom stereocenters. The second-order valence-corrected chi connectivity index (χ2v) is 8.36. The third-order valence-corrected chi connectivity index (χ3v) is 6.34. The standard InChI is InChI=1S/C23H21N5O3S/c1-31-15-8-6-14(7-9-15)21-22(30)20(17-12-25-18-5-3-2-4-16(17)18)26-28(21)19(29)13-27-10-11-32-23(27)24/h2-12,21-22,24-25,30H,13H2,1H3/t21-,22+/m0/s1. The van der Waals surface area contributed by atoms with Crippen LogP contribution in [-0.2, 0) is 11.3 Å². The number of ether oxygens (including phenoxy) is 1. The molecule has 0 fully saturated rings. The van der Waals surface area contributed by atoms with E-state index in [1.807, 2.05) is 36.4 Å². The maximum Gasteiger partial charge on any atom is 0.263 e. The van der Waals surface area contributed by atoms with Crippen molar-refractivity contribution in [1.29, 1.82) is 5.41 Å². The fourth-order valence-electron chi connectivity index (χ4n) is 4.00. The van der Waals surface area contributed by atoms with Crippen molar-refractivity contribution in [1.82, 2.24) is 14.6 Å². The van der Waals surface area contributed by atoms with Gasteiger partial charge in [0.05, 0.1) is 7.11 Å². The van der Waals surface area contributed by atoms with Gasteiger partial charge in [-0.05, 0) is 23.8 Å². The van der Waals surface area contributed by atoms with Crippen LogP contribution < -0.4 is 9.54 Å². The molecule has 0 saturated heterocycles. The normalized spacial score (nSPS) is 18.2. The zero-order valence-corrected chi connectivity index (χ0v) is 18.0. The van der Waals surface area contributed by atoms with Gasteiger partial charge in [0.1, 0.15) is 30.2 Å². The number of nitrogens with one attached hydrogen (secondary N) is 2. The number of amides is 1. The van der Waals surface area contributed by atoms with E-state index in [4.69, 9.17) is 10.1 Å². The van der Waals surface area contributed by atoms with Crippen LogP contribution in [0.1, 0.15) is 17.2 Å². The molecule has 2 aromatic heterocycles. The van der Waals surface area contributed by atoms with Crippen LogP contribution in [0.3, 0.4) is 0 Å². The first-order valence-corrected chi connectivity index (χ1v) is 10.9. The highest BCUT2D eigenvalue weighted by Gasteiger charge is 2.41. The zero-order valence-electron chi connectivity index (χ0n) is 17.2. The van der Waals surface area contributed by atoms with E-state index in [0.29, 0.717) is 11.5 Å². The minimum atomic E-state index is -1.02. The molecule has 1 aliphatic heterocycles. The molecule has 0 bridgehead atoms. The van der Waals surface area contributed by atoms with Gasteiger partial charge in [0.15, 0.2) is 4.80 Å². The van der Waals surface area contributed by atoms with Crippen LogP contribution in [0.25, 0.3) is 10.9 Å². The van der Waals surface area contributed by atoms with Gasteiger partial charge in [-0.15, -0.1) is 11.3 Å². The van der Waals surface area contributed by atoms with E-state index in [-0.39, 0.29) is 17.3 Å². The fraction of sp³-hybridized carbons (Fsp3) is 0.174. The first-order valence-electron chi connectivity index (χ1n) is 10.0. The van der Waals surface area contributed by atoms with Crippen LogP contribution in [0.4, 0.5) is 0 Å². The Labute approximate surface area is 187 Å². The molecule has 3 N–H and O–H groups in total. The third kappa shape index (κ3) is 3.41. The van der Waals surface area contributed by atoms with E-state index >= 15 is 0 Å². The smallest absolute Gasteiger partial charge is 0.263 e. The van der Waals surface area contributed by atoms with Crippen LogP contribution in [0.15, 0.2) is 71.4 Å². The van der Waals surface area contributed by atoms with E-state index in [2.05, 4.69) is 10.1 Å². The second kappa shape index (κ2) is 8.10. The Balaban J connectivity index is 1.57. The SMILES string of the molecule is COc1ccc([C@H]2[C@H](O)C(c3c[nH]c4ccccc34)=NN2C(=O)Cn2ccsc2=N)cc1. The molecule has 0 unspecified atom stereocenters. The Kier molecular flexibility index (Phi) is 5.12. The molecule has 0 saturated carbocycles. The number of hydrazone groups is 1. The van der Waals surface area contributed by atoms with Crippen LogP contribution in [-0.4, -0.2) is 44.5 Å². The Morgan fingerprint density at radius 3 is 2.75 bits per heavy atom. The van der Waals surface area contributed by atoms with Gasteiger partial charge in [0, 0.05) is 34.2 Å². The molecule has 5 rings (SSSR count). The van der Waals surface area contributed by atoms with Crippen molar-refractivity contribution in [2.75, 3.05) is 7.11 Å². The number of rotatable bonds is 5. The lowest BCUT2D eigenvalue weighted by molar-refractivity contribution is -0.135. The van der Waals surface area contributed by atoms with E-state index in [1.54, 1.807) is 41.6 Å². The highest BCUT2D eigenvalue weighted by atomic mass is 32.1. The number of hydrogen-bond donors (Lipinski definition) is 3. The Morgan fingerprint density at radius 2 is 2.03 bits per heavy atom. The number of fused-ring (bicyclic) bond motifs is 1. The number of aromatic nitrogens is 2. The van der Waals surface area contributed by atoms with Gasteiger partial charge in [-0.2, -0.15) is 5.10 Å². The van der Waals surface area contributed by atoms with Crippen molar-refractivity contribution in [2.24, 2.45) is 5.10 Å². The molecule has 0 spiro atoms. The topological polar surface area (TPSA) is 107 Å². The number of aliphatic hydroxyl groups excluding tert-OH is 1. The molecule has 9 heteroatoms. The Hall–Kier alpha value is -3.69. The van der Waals surface area contributed by atoms with Crippen molar-refractivity contribution in [3.8, 4) is 5.75 Å². The van der Waals surface area contributed by atoms with Crippen LogP contribution >= 0.6 is 11.3 Å². The summed E-state index contributed by atoms with van der Waals surface area (Å²) in [6.45, 7) is -0.0353. The molecule has 32 heavy (non-hydrogen) atoms. The van der Waals surface area contributed by atoms with Crippen LogP contribution in [0.5, 0.6) is 5.75 Å². The lowest BCUT2D eigenvalue weighted by Crippen LogP contribution is -2.36.